The molecular weight excluding hydrogens is 312 g/mol. The number of benzene rings is 2. The standard InChI is InChI=1S/C21H28N2O2/c1-5-20(25-19-14-8-16(4)9-15-19)21(24)22-17-10-12-18(13-11-17)23(6-2)7-3/h8-15,20H,5-7H2,1-4H3,(H,22,24). The van der Waals surface area contributed by atoms with Crippen LogP contribution in [0.3, 0.4) is 0 Å². The molecule has 1 amide bonds. The van der Waals surface area contributed by atoms with Crippen LogP contribution in [0, 0.1) is 6.92 Å². The Balaban J connectivity index is 2.00. The molecule has 0 saturated heterocycles. The van der Waals surface area contributed by atoms with Crippen LogP contribution in [0.4, 0.5) is 11.4 Å². The third-order valence-corrected chi connectivity index (χ3v) is 4.23. The number of ether oxygens (including phenoxy) is 1. The third-order valence-electron chi connectivity index (χ3n) is 4.23. The minimum Gasteiger partial charge on any atom is -0.481 e. The number of nitrogens with one attached hydrogen (secondary N) is 1. The van der Waals surface area contributed by atoms with Crippen LogP contribution in [-0.2, 0) is 4.79 Å². The molecule has 0 bridgehead atoms. The van der Waals surface area contributed by atoms with Crippen LogP contribution in [-0.4, -0.2) is 25.1 Å². The lowest BCUT2D eigenvalue weighted by atomic mass is 10.2. The van der Waals surface area contributed by atoms with Crippen molar-refractivity contribution in [1.29, 1.82) is 0 Å². The fraction of sp³-hybridized carbons (Fsp3) is 0.381. The number of aryl methyl sites for hydroxylation is 1. The minimum atomic E-state index is -0.509. The van der Waals surface area contributed by atoms with Gasteiger partial charge in [0.2, 0.25) is 0 Å². The van der Waals surface area contributed by atoms with E-state index in [0.29, 0.717) is 12.2 Å². The van der Waals surface area contributed by atoms with Crippen molar-refractivity contribution >= 4 is 17.3 Å². The molecule has 1 atom stereocenters. The first-order valence-corrected chi connectivity index (χ1v) is 8.96. The number of anilines is 2. The Morgan fingerprint density at radius 2 is 1.60 bits per heavy atom. The molecule has 4 nitrogen and oxygen atoms in total. The number of rotatable bonds is 8. The lowest BCUT2D eigenvalue weighted by molar-refractivity contribution is -0.122. The van der Waals surface area contributed by atoms with E-state index >= 15 is 0 Å². The van der Waals surface area contributed by atoms with Gasteiger partial charge in [-0.25, -0.2) is 0 Å². The highest BCUT2D eigenvalue weighted by Crippen LogP contribution is 2.19. The van der Waals surface area contributed by atoms with Crippen LogP contribution >= 0.6 is 0 Å². The summed E-state index contributed by atoms with van der Waals surface area (Å²) in [6.45, 7) is 10.2. The summed E-state index contributed by atoms with van der Waals surface area (Å²) in [4.78, 5) is 14.8. The zero-order valence-electron chi connectivity index (χ0n) is 15.6. The van der Waals surface area contributed by atoms with E-state index < -0.39 is 6.10 Å². The monoisotopic (exact) mass is 340 g/mol. The van der Waals surface area contributed by atoms with Crippen molar-refractivity contribution in [3.05, 3.63) is 54.1 Å². The number of hydrogen-bond donors (Lipinski definition) is 1. The number of nitrogens with zero attached hydrogens (tertiary/aromatic N) is 1. The maximum absolute atomic E-state index is 12.5. The molecule has 0 aliphatic heterocycles. The van der Waals surface area contributed by atoms with Crippen LogP contribution in [0.15, 0.2) is 48.5 Å². The Morgan fingerprint density at radius 3 is 2.12 bits per heavy atom. The van der Waals surface area contributed by atoms with Gasteiger partial charge in [0, 0.05) is 24.5 Å². The molecular formula is C21H28N2O2. The van der Waals surface area contributed by atoms with E-state index in [1.165, 1.54) is 0 Å². The second-order valence-corrected chi connectivity index (χ2v) is 6.04. The van der Waals surface area contributed by atoms with Gasteiger partial charge in [-0.3, -0.25) is 4.79 Å². The zero-order chi connectivity index (χ0) is 18.2. The summed E-state index contributed by atoms with van der Waals surface area (Å²) in [6.07, 6.45) is 0.0993. The molecule has 2 aromatic rings. The van der Waals surface area contributed by atoms with Crippen LogP contribution < -0.4 is 15.0 Å². The number of carbonyl (C=O) groups is 1. The largest absolute Gasteiger partial charge is 0.481 e. The summed E-state index contributed by atoms with van der Waals surface area (Å²) < 4.78 is 5.83. The fourth-order valence-electron chi connectivity index (χ4n) is 2.67. The van der Waals surface area contributed by atoms with Crippen molar-refractivity contribution in [1.82, 2.24) is 0 Å². The van der Waals surface area contributed by atoms with E-state index in [0.717, 1.165) is 30.0 Å². The van der Waals surface area contributed by atoms with Gasteiger partial charge in [-0.05, 0) is 63.6 Å². The highest BCUT2D eigenvalue weighted by atomic mass is 16.5. The normalized spacial score (nSPS) is 11.7. The summed E-state index contributed by atoms with van der Waals surface area (Å²) in [5, 5.41) is 2.94. The fourth-order valence-corrected chi connectivity index (χ4v) is 2.67. The molecule has 1 N–H and O–H groups in total. The Kier molecular flexibility index (Phi) is 6.87. The van der Waals surface area contributed by atoms with Gasteiger partial charge in [0.05, 0.1) is 0 Å². The van der Waals surface area contributed by atoms with Gasteiger partial charge < -0.3 is 15.0 Å². The van der Waals surface area contributed by atoms with Crippen LogP contribution in [0.5, 0.6) is 5.75 Å². The van der Waals surface area contributed by atoms with E-state index in [9.17, 15) is 4.79 Å². The van der Waals surface area contributed by atoms with Crippen molar-refractivity contribution < 1.29 is 9.53 Å². The van der Waals surface area contributed by atoms with Gasteiger partial charge in [0.1, 0.15) is 5.75 Å². The molecule has 0 aliphatic rings. The van der Waals surface area contributed by atoms with Crippen LogP contribution in [0.2, 0.25) is 0 Å². The molecule has 1 unspecified atom stereocenters. The van der Waals surface area contributed by atoms with Gasteiger partial charge in [-0.15, -0.1) is 0 Å². The molecule has 0 aliphatic carbocycles. The highest BCUT2D eigenvalue weighted by molar-refractivity contribution is 5.94. The molecule has 0 heterocycles. The van der Waals surface area contributed by atoms with Crippen molar-refractivity contribution in [3.63, 3.8) is 0 Å². The topological polar surface area (TPSA) is 41.6 Å². The number of carbonyl (C=O) groups excluding carboxylic acids is 1. The first kappa shape index (κ1) is 18.8. The van der Waals surface area contributed by atoms with Gasteiger partial charge >= 0.3 is 0 Å². The molecule has 25 heavy (non-hydrogen) atoms. The van der Waals surface area contributed by atoms with E-state index in [1.807, 2.05) is 62.4 Å². The zero-order valence-corrected chi connectivity index (χ0v) is 15.6. The quantitative estimate of drug-likeness (QED) is 0.761. The summed E-state index contributed by atoms with van der Waals surface area (Å²) in [5.41, 5.74) is 3.11. The predicted molar refractivity (Wildman–Crippen MR) is 105 cm³/mol. The summed E-state index contributed by atoms with van der Waals surface area (Å²) in [7, 11) is 0. The molecule has 0 spiro atoms. The van der Waals surface area contributed by atoms with Crippen LogP contribution in [0.1, 0.15) is 32.8 Å². The van der Waals surface area contributed by atoms with E-state index in [-0.39, 0.29) is 5.91 Å². The molecule has 0 saturated carbocycles. The van der Waals surface area contributed by atoms with E-state index in [4.69, 9.17) is 4.74 Å². The SMILES string of the molecule is CCC(Oc1ccc(C)cc1)C(=O)Nc1ccc(N(CC)CC)cc1. The smallest absolute Gasteiger partial charge is 0.265 e. The van der Waals surface area contributed by atoms with Gasteiger partial charge in [0.25, 0.3) is 5.91 Å². The lowest BCUT2D eigenvalue weighted by Gasteiger charge is -2.21. The van der Waals surface area contributed by atoms with Gasteiger partial charge in [-0.2, -0.15) is 0 Å². The molecule has 2 rings (SSSR count). The molecule has 2 aromatic carbocycles. The molecule has 0 aromatic heterocycles. The number of hydrogen-bond acceptors (Lipinski definition) is 3. The first-order valence-electron chi connectivity index (χ1n) is 8.96. The van der Waals surface area contributed by atoms with Crippen molar-refractivity contribution in [2.45, 2.75) is 40.2 Å². The Bertz CT molecular complexity index is 661. The first-order chi connectivity index (χ1) is 12.1. The Hall–Kier alpha value is -2.49. The van der Waals surface area contributed by atoms with E-state index in [2.05, 4.69) is 24.1 Å². The Labute approximate surface area is 150 Å². The van der Waals surface area contributed by atoms with E-state index in [1.54, 1.807) is 0 Å². The van der Waals surface area contributed by atoms with Gasteiger partial charge in [-0.1, -0.05) is 24.6 Å². The summed E-state index contributed by atoms with van der Waals surface area (Å²) >= 11 is 0. The maximum atomic E-state index is 12.5. The van der Waals surface area contributed by atoms with Crippen LogP contribution in [0.25, 0.3) is 0 Å². The Morgan fingerprint density at radius 1 is 1.00 bits per heavy atom. The lowest BCUT2D eigenvalue weighted by Crippen LogP contribution is -2.32. The summed E-state index contributed by atoms with van der Waals surface area (Å²) in [5.74, 6) is 0.586. The van der Waals surface area contributed by atoms with Gasteiger partial charge in [0.15, 0.2) is 6.10 Å². The number of amides is 1. The van der Waals surface area contributed by atoms with Crippen molar-refractivity contribution in [2.24, 2.45) is 0 Å². The predicted octanol–water partition coefficient (Wildman–Crippen LogP) is 4.64. The summed E-state index contributed by atoms with van der Waals surface area (Å²) in [6, 6.07) is 15.7. The highest BCUT2D eigenvalue weighted by Gasteiger charge is 2.18. The average Bonchev–Trinajstić information content (AvgIpc) is 2.63. The average molecular weight is 340 g/mol. The second kappa shape index (κ2) is 9.11. The maximum Gasteiger partial charge on any atom is 0.265 e. The second-order valence-electron chi connectivity index (χ2n) is 6.04. The molecule has 4 heteroatoms. The molecule has 0 fully saturated rings. The molecule has 0 radical (unpaired) electrons. The van der Waals surface area contributed by atoms with Crippen molar-refractivity contribution in [3.8, 4) is 5.75 Å². The molecule has 134 valence electrons. The van der Waals surface area contributed by atoms with Crippen molar-refractivity contribution in [2.75, 3.05) is 23.3 Å². The third kappa shape index (κ3) is 5.24. The minimum absolute atomic E-state index is 0.126.